The molecule has 1 aliphatic carbocycles. The fourth-order valence-electron chi connectivity index (χ4n) is 2.20. The zero-order chi connectivity index (χ0) is 7.61. The van der Waals surface area contributed by atoms with Crippen molar-refractivity contribution >= 4 is 0 Å². The largest absolute Gasteiger partial charge is 0.0651 e. The Morgan fingerprint density at radius 2 is 2.00 bits per heavy atom. The number of hydrogen-bond acceptors (Lipinski definition) is 0. The van der Waals surface area contributed by atoms with Crippen LogP contribution in [0.2, 0.25) is 0 Å². The van der Waals surface area contributed by atoms with E-state index in [2.05, 4.69) is 20.8 Å². The van der Waals surface area contributed by atoms with Gasteiger partial charge < -0.3 is 0 Å². The second-order valence-electron chi connectivity index (χ2n) is 4.53. The van der Waals surface area contributed by atoms with Crippen molar-refractivity contribution in [1.82, 2.24) is 0 Å². The van der Waals surface area contributed by atoms with Crippen molar-refractivity contribution in [3.05, 3.63) is 0 Å². The van der Waals surface area contributed by atoms with E-state index in [1.807, 2.05) is 0 Å². The van der Waals surface area contributed by atoms with Crippen molar-refractivity contribution in [2.75, 3.05) is 0 Å². The normalized spacial score (nSPS) is 29.2. The van der Waals surface area contributed by atoms with Gasteiger partial charge in [0.25, 0.3) is 0 Å². The van der Waals surface area contributed by atoms with Crippen LogP contribution >= 0.6 is 0 Å². The third-order valence-corrected chi connectivity index (χ3v) is 2.88. The summed E-state index contributed by atoms with van der Waals surface area (Å²) in [6, 6.07) is 0. The van der Waals surface area contributed by atoms with E-state index in [9.17, 15) is 0 Å². The smallest absolute Gasteiger partial charge is 0 e. The Bertz CT molecular complexity index is 107. The van der Waals surface area contributed by atoms with Crippen molar-refractivity contribution in [3.63, 3.8) is 0 Å². The van der Waals surface area contributed by atoms with Gasteiger partial charge in [-0.05, 0) is 24.2 Å². The Morgan fingerprint density at radius 3 is 2.36 bits per heavy atom. The first-order valence-corrected chi connectivity index (χ1v) is 4.64. The van der Waals surface area contributed by atoms with Gasteiger partial charge in [0.2, 0.25) is 0 Å². The maximum Gasteiger partial charge on any atom is 0 e. The molecule has 63 valence electrons. The standard InChI is InChI=1S/C10H20.Y/c1-4-9-6-5-7-10(2,3)8-9;/h9H,4-8H2,1-3H3;. The molecule has 1 unspecified atom stereocenters. The molecule has 1 saturated carbocycles. The number of rotatable bonds is 1. The van der Waals surface area contributed by atoms with Crippen LogP contribution in [0.15, 0.2) is 0 Å². The van der Waals surface area contributed by atoms with Gasteiger partial charge in [0.1, 0.15) is 0 Å². The molecule has 0 heterocycles. The van der Waals surface area contributed by atoms with Crippen LogP contribution in [0.1, 0.15) is 52.9 Å². The molecule has 0 spiro atoms. The maximum atomic E-state index is 2.41. The van der Waals surface area contributed by atoms with E-state index in [0.717, 1.165) is 5.92 Å². The molecule has 0 saturated heterocycles. The minimum atomic E-state index is 0. The molecular formula is C10H20Y. The average Bonchev–Trinajstić information content (AvgIpc) is 1.86. The van der Waals surface area contributed by atoms with Crippen LogP contribution in [0.3, 0.4) is 0 Å². The second-order valence-corrected chi connectivity index (χ2v) is 4.53. The molecule has 0 bridgehead atoms. The molecule has 1 rings (SSSR count). The van der Waals surface area contributed by atoms with Gasteiger partial charge in [-0.3, -0.25) is 0 Å². The van der Waals surface area contributed by atoms with Crippen LogP contribution in [0, 0.1) is 11.3 Å². The molecule has 1 heteroatoms. The fraction of sp³-hybridized carbons (Fsp3) is 1.00. The van der Waals surface area contributed by atoms with Crippen molar-refractivity contribution in [1.29, 1.82) is 0 Å². The summed E-state index contributed by atoms with van der Waals surface area (Å²) in [5.74, 6) is 1.03. The van der Waals surface area contributed by atoms with Crippen LogP contribution in [0.25, 0.3) is 0 Å². The quantitative estimate of drug-likeness (QED) is 0.644. The molecule has 1 atom stereocenters. The Balaban J connectivity index is 0.000001000. The van der Waals surface area contributed by atoms with Crippen LogP contribution in [0.4, 0.5) is 0 Å². The van der Waals surface area contributed by atoms with E-state index >= 15 is 0 Å². The summed E-state index contributed by atoms with van der Waals surface area (Å²) in [5, 5.41) is 0. The van der Waals surface area contributed by atoms with Gasteiger partial charge in [-0.2, -0.15) is 0 Å². The Labute approximate surface area is 96.4 Å². The maximum absolute atomic E-state index is 2.41. The molecule has 0 amide bonds. The van der Waals surface area contributed by atoms with Crippen LogP contribution < -0.4 is 0 Å². The molecule has 1 radical (unpaired) electrons. The zero-order valence-electron chi connectivity index (χ0n) is 8.19. The van der Waals surface area contributed by atoms with Gasteiger partial charge in [0, 0.05) is 32.7 Å². The van der Waals surface area contributed by atoms with E-state index < -0.39 is 0 Å². The van der Waals surface area contributed by atoms with Crippen molar-refractivity contribution < 1.29 is 32.7 Å². The van der Waals surface area contributed by atoms with E-state index in [1.165, 1.54) is 32.1 Å². The van der Waals surface area contributed by atoms with Crippen molar-refractivity contribution in [3.8, 4) is 0 Å². The molecule has 1 fully saturated rings. The molecule has 0 N–H and O–H groups in total. The zero-order valence-corrected chi connectivity index (χ0v) is 11.0. The molecule has 0 nitrogen and oxygen atoms in total. The molecule has 11 heavy (non-hydrogen) atoms. The SMILES string of the molecule is CCC1CCCC(C)(C)C1.[Y]. The van der Waals surface area contributed by atoms with Crippen LogP contribution in [-0.4, -0.2) is 0 Å². The van der Waals surface area contributed by atoms with Crippen LogP contribution in [-0.2, 0) is 32.7 Å². The predicted molar refractivity (Wildman–Crippen MR) is 46.0 cm³/mol. The van der Waals surface area contributed by atoms with E-state index in [4.69, 9.17) is 0 Å². The average molecular weight is 229 g/mol. The molecule has 0 aromatic heterocycles. The summed E-state index contributed by atoms with van der Waals surface area (Å²) in [7, 11) is 0. The summed E-state index contributed by atoms with van der Waals surface area (Å²) < 4.78 is 0. The summed E-state index contributed by atoms with van der Waals surface area (Å²) in [6.07, 6.45) is 7.25. The third-order valence-electron chi connectivity index (χ3n) is 2.88. The van der Waals surface area contributed by atoms with E-state index in [1.54, 1.807) is 0 Å². The first-order valence-electron chi connectivity index (χ1n) is 4.64. The Hall–Kier alpha value is 1.10. The first-order chi connectivity index (χ1) is 4.64. The van der Waals surface area contributed by atoms with Crippen molar-refractivity contribution in [2.45, 2.75) is 52.9 Å². The summed E-state index contributed by atoms with van der Waals surface area (Å²) in [4.78, 5) is 0. The minimum Gasteiger partial charge on any atom is -0.0651 e. The van der Waals surface area contributed by atoms with Crippen molar-refractivity contribution in [2.24, 2.45) is 11.3 Å². The third kappa shape index (κ3) is 4.03. The van der Waals surface area contributed by atoms with Gasteiger partial charge in [0.15, 0.2) is 0 Å². The first kappa shape index (κ1) is 12.1. The molecule has 1 aliphatic rings. The summed E-state index contributed by atoms with van der Waals surface area (Å²) in [5.41, 5.74) is 0.652. The van der Waals surface area contributed by atoms with Gasteiger partial charge in [-0.15, -0.1) is 0 Å². The molecule has 0 aliphatic heterocycles. The Morgan fingerprint density at radius 1 is 1.36 bits per heavy atom. The van der Waals surface area contributed by atoms with Gasteiger partial charge in [-0.25, -0.2) is 0 Å². The monoisotopic (exact) mass is 229 g/mol. The molecule has 0 aromatic rings. The van der Waals surface area contributed by atoms with Crippen LogP contribution in [0.5, 0.6) is 0 Å². The van der Waals surface area contributed by atoms with Gasteiger partial charge in [-0.1, -0.05) is 40.0 Å². The van der Waals surface area contributed by atoms with E-state index in [-0.39, 0.29) is 32.7 Å². The molecular weight excluding hydrogens is 209 g/mol. The predicted octanol–water partition coefficient (Wildman–Crippen LogP) is 3.61. The number of hydrogen-bond donors (Lipinski definition) is 0. The topological polar surface area (TPSA) is 0 Å². The minimum absolute atomic E-state index is 0. The summed E-state index contributed by atoms with van der Waals surface area (Å²) in [6.45, 7) is 7.15. The second kappa shape index (κ2) is 4.97. The molecule has 0 aromatic carbocycles. The van der Waals surface area contributed by atoms with E-state index in [0.29, 0.717) is 5.41 Å². The Kier molecular flexibility index (Phi) is 5.47. The van der Waals surface area contributed by atoms with Gasteiger partial charge >= 0.3 is 0 Å². The fourth-order valence-corrected chi connectivity index (χ4v) is 2.20. The van der Waals surface area contributed by atoms with Gasteiger partial charge in [0.05, 0.1) is 0 Å². The summed E-state index contributed by atoms with van der Waals surface area (Å²) >= 11 is 0.